The Hall–Kier alpha value is -0.860. The highest BCUT2D eigenvalue weighted by Gasteiger charge is 2.34. The van der Waals surface area contributed by atoms with Crippen molar-refractivity contribution in [1.29, 1.82) is 0 Å². The lowest BCUT2D eigenvalue weighted by Crippen LogP contribution is -2.32. The Bertz CT molecular complexity index is 440. The van der Waals surface area contributed by atoms with Crippen molar-refractivity contribution in [2.45, 2.75) is 49.9 Å². The minimum atomic E-state index is 0.279. The van der Waals surface area contributed by atoms with E-state index < -0.39 is 0 Å². The zero-order valence-corrected chi connectivity index (χ0v) is 12.8. The van der Waals surface area contributed by atoms with Crippen molar-refractivity contribution in [3.63, 3.8) is 0 Å². The van der Waals surface area contributed by atoms with Gasteiger partial charge in [0.05, 0.1) is 0 Å². The van der Waals surface area contributed by atoms with Crippen molar-refractivity contribution >= 4 is 0 Å². The second kappa shape index (κ2) is 5.87. The summed E-state index contributed by atoms with van der Waals surface area (Å²) < 4.78 is 0. The third-order valence-electron chi connectivity index (χ3n) is 5.64. The summed E-state index contributed by atoms with van der Waals surface area (Å²) in [7, 11) is 2.23. The largest absolute Gasteiger partial charge is 0.330 e. The minimum Gasteiger partial charge on any atom is -0.330 e. The molecule has 1 saturated carbocycles. The smallest absolute Gasteiger partial charge is 0.00756 e. The van der Waals surface area contributed by atoms with Crippen LogP contribution >= 0.6 is 0 Å². The Labute approximate surface area is 123 Å². The molecule has 2 aliphatic rings. The van der Waals surface area contributed by atoms with Gasteiger partial charge < -0.3 is 10.6 Å². The number of benzene rings is 1. The van der Waals surface area contributed by atoms with Crippen LogP contribution in [0.25, 0.3) is 0 Å². The molecule has 20 heavy (non-hydrogen) atoms. The normalized spacial score (nSPS) is 24.1. The molecule has 0 amide bonds. The molecule has 0 atom stereocenters. The molecule has 1 saturated heterocycles. The molecule has 110 valence electrons. The lowest BCUT2D eigenvalue weighted by atomic mass is 9.77. The molecule has 1 aromatic carbocycles. The fourth-order valence-electron chi connectivity index (χ4n) is 4.13. The third-order valence-corrected chi connectivity index (χ3v) is 5.64. The van der Waals surface area contributed by atoms with Gasteiger partial charge in [0, 0.05) is 12.0 Å². The number of likely N-dealkylation sites (tertiary alicyclic amines) is 1. The van der Waals surface area contributed by atoms with E-state index in [0.717, 1.165) is 12.5 Å². The predicted molar refractivity (Wildman–Crippen MR) is 85.1 cm³/mol. The van der Waals surface area contributed by atoms with Crippen molar-refractivity contribution in [2.75, 3.05) is 26.7 Å². The molecule has 0 spiro atoms. The van der Waals surface area contributed by atoms with Crippen molar-refractivity contribution < 1.29 is 0 Å². The fourth-order valence-corrected chi connectivity index (χ4v) is 4.13. The predicted octanol–water partition coefficient (Wildman–Crippen LogP) is 3.27. The highest BCUT2D eigenvalue weighted by molar-refractivity contribution is 5.33. The number of hydrogen-bond acceptors (Lipinski definition) is 2. The van der Waals surface area contributed by atoms with E-state index in [1.54, 1.807) is 5.56 Å². The molecule has 0 unspecified atom stereocenters. The molecule has 2 nitrogen and oxygen atoms in total. The van der Waals surface area contributed by atoms with E-state index in [2.05, 4.69) is 36.2 Å². The average Bonchev–Trinajstić information content (AvgIpc) is 2.98. The topological polar surface area (TPSA) is 29.3 Å². The fraction of sp³-hybridized carbons (Fsp3) is 0.667. The van der Waals surface area contributed by atoms with Gasteiger partial charge in [0.2, 0.25) is 0 Å². The first-order chi connectivity index (χ1) is 9.73. The molecule has 1 aliphatic carbocycles. The zero-order chi connectivity index (χ0) is 14.0. The van der Waals surface area contributed by atoms with Crippen LogP contribution in [0.3, 0.4) is 0 Å². The maximum absolute atomic E-state index is 6.14. The van der Waals surface area contributed by atoms with Gasteiger partial charge in [-0.1, -0.05) is 37.1 Å². The van der Waals surface area contributed by atoms with Crippen molar-refractivity contribution in [1.82, 2.24) is 4.90 Å². The molecular formula is C18H28N2. The number of nitrogens with zero attached hydrogens (tertiary/aromatic N) is 1. The molecule has 2 N–H and O–H groups in total. The lowest BCUT2D eigenvalue weighted by Gasteiger charge is -2.32. The van der Waals surface area contributed by atoms with Gasteiger partial charge in [-0.2, -0.15) is 0 Å². The van der Waals surface area contributed by atoms with Gasteiger partial charge in [0.25, 0.3) is 0 Å². The van der Waals surface area contributed by atoms with Gasteiger partial charge in [-0.15, -0.1) is 0 Å². The van der Waals surface area contributed by atoms with Gasteiger partial charge in [0.15, 0.2) is 0 Å². The van der Waals surface area contributed by atoms with Gasteiger partial charge >= 0.3 is 0 Å². The molecule has 1 aliphatic heterocycles. The molecule has 2 heteroatoms. The molecule has 3 rings (SSSR count). The quantitative estimate of drug-likeness (QED) is 0.915. The number of hydrogen-bond donors (Lipinski definition) is 1. The van der Waals surface area contributed by atoms with Crippen LogP contribution in [0.1, 0.15) is 55.6 Å². The monoisotopic (exact) mass is 272 g/mol. The van der Waals surface area contributed by atoms with Crippen LogP contribution in [0.5, 0.6) is 0 Å². The second-order valence-electron chi connectivity index (χ2n) is 6.89. The highest BCUT2D eigenvalue weighted by atomic mass is 15.1. The second-order valence-corrected chi connectivity index (χ2v) is 6.89. The molecule has 0 aromatic heterocycles. The zero-order valence-electron chi connectivity index (χ0n) is 12.8. The van der Waals surface area contributed by atoms with Crippen LogP contribution < -0.4 is 5.73 Å². The van der Waals surface area contributed by atoms with Gasteiger partial charge in [-0.05, 0) is 62.9 Å². The molecule has 1 aromatic rings. The molecule has 2 fully saturated rings. The average molecular weight is 272 g/mol. The Kier molecular flexibility index (Phi) is 4.13. The summed E-state index contributed by atoms with van der Waals surface area (Å²) in [6.07, 6.45) is 7.84. The maximum Gasteiger partial charge on any atom is 0.00756 e. The van der Waals surface area contributed by atoms with Crippen LogP contribution in [0.2, 0.25) is 0 Å². The van der Waals surface area contributed by atoms with Crippen molar-refractivity contribution in [2.24, 2.45) is 5.73 Å². The third kappa shape index (κ3) is 2.64. The van der Waals surface area contributed by atoms with E-state index in [4.69, 9.17) is 5.73 Å². The Balaban J connectivity index is 1.82. The Morgan fingerprint density at radius 2 is 1.90 bits per heavy atom. The highest BCUT2D eigenvalue weighted by Crippen LogP contribution is 2.41. The van der Waals surface area contributed by atoms with Gasteiger partial charge in [-0.3, -0.25) is 0 Å². The van der Waals surface area contributed by atoms with E-state index in [0.29, 0.717) is 0 Å². The summed E-state index contributed by atoms with van der Waals surface area (Å²) in [5, 5.41) is 0. The molecular weight excluding hydrogens is 244 g/mol. The van der Waals surface area contributed by atoms with Crippen LogP contribution in [0, 0.1) is 0 Å². The van der Waals surface area contributed by atoms with Crippen LogP contribution in [-0.4, -0.2) is 31.6 Å². The standard InChI is InChI=1S/C18H28N2/c1-20-11-7-15(8-12-20)16-5-4-6-17(13-16)18(14-19)9-2-3-10-18/h4-6,13,15H,2-3,7-12,14,19H2,1H3. The van der Waals surface area contributed by atoms with Gasteiger partial charge in [0.1, 0.15) is 0 Å². The van der Waals surface area contributed by atoms with Gasteiger partial charge in [-0.25, -0.2) is 0 Å². The summed E-state index contributed by atoms with van der Waals surface area (Å²) in [4.78, 5) is 2.44. The summed E-state index contributed by atoms with van der Waals surface area (Å²) in [6, 6.07) is 9.39. The maximum atomic E-state index is 6.14. The minimum absolute atomic E-state index is 0.279. The number of piperidine rings is 1. The van der Waals surface area contributed by atoms with Crippen molar-refractivity contribution in [3.05, 3.63) is 35.4 Å². The Morgan fingerprint density at radius 3 is 2.55 bits per heavy atom. The van der Waals surface area contributed by atoms with Crippen LogP contribution in [0.15, 0.2) is 24.3 Å². The summed E-state index contributed by atoms with van der Waals surface area (Å²) in [5.74, 6) is 0.752. The van der Waals surface area contributed by atoms with E-state index >= 15 is 0 Å². The first-order valence-electron chi connectivity index (χ1n) is 8.23. The first kappa shape index (κ1) is 14.1. The van der Waals surface area contributed by atoms with E-state index in [1.807, 2.05) is 0 Å². The summed E-state index contributed by atoms with van der Waals surface area (Å²) >= 11 is 0. The molecule has 0 radical (unpaired) electrons. The SMILES string of the molecule is CN1CCC(c2cccc(C3(CN)CCCC3)c2)CC1. The van der Waals surface area contributed by atoms with Crippen LogP contribution in [0.4, 0.5) is 0 Å². The molecule has 0 bridgehead atoms. The summed E-state index contributed by atoms with van der Waals surface area (Å²) in [5.41, 5.74) is 9.48. The lowest BCUT2D eigenvalue weighted by molar-refractivity contribution is 0.255. The van der Waals surface area contributed by atoms with Crippen LogP contribution in [-0.2, 0) is 5.41 Å². The van der Waals surface area contributed by atoms with E-state index in [-0.39, 0.29) is 5.41 Å². The first-order valence-corrected chi connectivity index (χ1v) is 8.23. The van der Waals surface area contributed by atoms with E-state index in [9.17, 15) is 0 Å². The van der Waals surface area contributed by atoms with Crippen molar-refractivity contribution in [3.8, 4) is 0 Å². The summed E-state index contributed by atoms with van der Waals surface area (Å²) in [6.45, 7) is 3.28. The molecule has 1 heterocycles. The Morgan fingerprint density at radius 1 is 1.20 bits per heavy atom. The van der Waals surface area contributed by atoms with E-state index in [1.165, 1.54) is 57.2 Å². The number of nitrogens with two attached hydrogens (primary N) is 1. The number of rotatable bonds is 3.